The van der Waals surface area contributed by atoms with Crippen molar-refractivity contribution in [2.45, 2.75) is 41.9 Å². The molecule has 2 unspecified atom stereocenters. The SMILES string of the molecule is COc1ccc(C(=O)COC(=O)c2ccc(N3C(=O)CC(Sc4nc5c(cc4C#N)CC(c4ccccc4)CC5)C3=O)cc2)cc1OC. The minimum atomic E-state index is -0.747. The van der Waals surface area contributed by atoms with E-state index in [0.29, 0.717) is 39.3 Å². The van der Waals surface area contributed by atoms with Gasteiger partial charge in [-0.1, -0.05) is 42.1 Å². The molecular weight excluding hydrogens is 630 g/mol. The minimum absolute atomic E-state index is 0.0503. The standard InChI is InChI=1S/C37H31N3O7S/c1-45-31-15-11-25(18-32(31)46-2)30(41)21-47-37(44)23-8-12-28(13-9-23)40-34(42)19-33(36(40)43)48-35-27(20-38)17-26-16-24(10-14-29(26)39-35)22-6-4-3-5-7-22/h3-9,11-13,15,17-18,24,33H,10,14,16,19,21H2,1-2H3. The van der Waals surface area contributed by atoms with Gasteiger partial charge < -0.3 is 14.2 Å². The molecule has 3 aromatic carbocycles. The zero-order valence-corrected chi connectivity index (χ0v) is 27.1. The lowest BCUT2D eigenvalue weighted by Crippen LogP contribution is -2.31. The molecule has 1 fully saturated rings. The molecule has 10 nitrogen and oxygen atoms in total. The minimum Gasteiger partial charge on any atom is -0.493 e. The maximum Gasteiger partial charge on any atom is 0.338 e. The number of imide groups is 1. The maximum atomic E-state index is 13.5. The second-order valence-electron chi connectivity index (χ2n) is 11.4. The number of benzene rings is 3. The number of hydrogen-bond acceptors (Lipinski definition) is 10. The highest BCUT2D eigenvalue weighted by molar-refractivity contribution is 8.00. The van der Waals surface area contributed by atoms with E-state index in [0.717, 1.165) is 47.2 Å². The van der Waals surface area contributed by atoms with Crippen LogP contribution in [0.3, 0.4) is 0 Å². The van der Waals surface area contributed by atoms with Crippen molar-refractivity contribution in [1.82, 2.24) is 4.98 Å². The van der Waals surface area contributed by atoms with Crippen molar-refractivity contribution in [1.29, 1.82) is 5.26 Å². The quantitative estimate of drug-likeness (QED) is 0.118. The average molecular weight is 662 g/mol. The molecule has 2 amide bonds. The van der Waals surface area contributed by atoms with Crippen molar-refractivity contribution in [3.05, 3.63) is 112 Å². The third-order valence-electron chi connectivity index (χ3n) is 8.50. The van der Waals surface area contributed by atoms with E-state index in [2.05, 4.69) is 18.2 Å². The van der Waals surface area contributed by atoms with E-state index in [1.807, 2.05) is 24.3 Å². The van der Waals surface area contributed by atoms with Gasteiger partial charge in [0.1, 0.15) is 11.1 Å². The zero-order chi connectivity index (χ0) is 33.8. The van der Waals surface area contributed by atoms with E-state index in [4.69, 9.17) is 19.2 Å². The Balaban J connectivity index is 1.09. The summed E-state index contributed by atoms with van der Waals surface area (Å²) >= 11 is 1.14. The van der Waals surface area contributed by atoms with E-state index >= 15 is 0 Å². The first-order valence-corrected chi connectivity index (χ1v) is 16.2. The molecule has 1 aliphatic heterocycles. The van der Waals surface area contributed by atoms with Crippen molar-refractivity contribution >= 4 is 41.0 Å². The van der Waals surface area contributed by atoms with Crippen LogP contribution in [0.4, 0.5) is 5.69 Å². The number of esters is 1. The van der Waals surface area contributed by atoms with Crippen molar-refractivity contribution in [3.8, 4) is 17.6 Å². The Hall–Kier alpha value is -5.47. The lowest BCUT2D eigenvalue weighted by molar-refractivity contribution is -0.121. The molecule has 242 valence electrons. The Labute approximate surface area is 281 Å². The number of thioether (sulfide) groups is 1. The van der Waals surface area contributed by atoms with Crippen LogP contribution in [0, 0.1) is 11.3 Å². The normalized spacial score (nSPS) is 17.0. The van der Waals surface area contributed by atoms with Crippen molar-refractivity contribution in [2.75, 3.05) is 25.7 Å². The fourth-order valence-electron chi connectivity index (χ4n) is 5.98. The summed E-state index contributed by atoms with van der Waals surface area (Å²) in [4.78, 5) is 57.6. The molecule has 2 aliphatic rings. The van der Waals surface area contributed by atoms with Crippen LogP contribution >= 0.6 is 11.8 Å². The van der Waals surface area contributed by atoms with Gasteiger partial charge >= 0.3 is 5.97 Å². The predicted octanol–water partition coefficient (Wildman–Crippen LogP) is 5.71. The number of aromatic nitrogens is 1. The van der Waals surface area contributed by atoms with Crippen LogP contribution in [0.5, 0.6) is 11.5 Å². The Bertz CT molecular complexity index is 1940. The van der Waals surface area contributed by atoms with Crippen LogP contribution in [0.15, 0.2) is 83.9 Å². The number of amides is 2. The number of ketones is 1. The predicted molar refractivity (Wildman–Crippen MR) is 178 cm³/mol. The van der Waals surface area contributed by atoms with Gasteiger partial charge in [0, 0.05) is 17.7 Å². The lowest BCUT2D eigenvalue weighted by atomic mass is 9.82. The summed E-state index contributed by atoms with van der Waals surface area (Å²) in [7, 11) is 2.94. The van der Waals surface area contributed by atoms with E-state index in [1.54, 1.807) is 12.1 Å². The summed E-state index contributed by atoms with van der Waals surface area (Å²) in [6, 6.07) is 24.9. The molecule has 0 saturated carbocycles. The summed E-state index contributed by atoms with van der Waals surface area (Å²) in [5.74, 6) is -0.788. The molecule has 0 bridgehead atoms. The number of carbonyl (C=O) groups is 4. The lowest BCUT2D eigenvalue weighted by Gasteiger charge is -2.25. The number of methoxy groups -OCH3 is 2. The Kier molecular flexibility index (Phi) is 9.55. The molecule has 48 heavy (non-hydrogen) atoms. The van der Waals surface area contributed by atoms with Gasteiger partial charge in [0.15, 0.2) is 23.9 Å². The van der Waals surface area contributed by atoms with Crippen LogP contribution < -0.4 is 14.4 Å². The highest BCUT2D eigenvalue weighted by Gasteiger charge is 2.41. The highest BCUT2D eigenvalue weighted by atomic mass is 32.2. The van der Waals surface area contributed by atoms with Gasteiger partial charge in [0.2, 0.25) is 11.8 Å². The second-order valence-corrected chi connectivity index (χ2v) is 12.6. The van der Waals surface area contributed by atoms with Crippen molar-refractivity contribution in [3.63, 3.8) is 0 Å². The Morgan fingerprint density at radius 2 is 1.67 bits per heavy atom. The second kappa shape index (κ2) is 14.1. The molecule has 0 radical (unpaired) electrons. The summed E-state index contributed by atoms with van der Waals surface area (Å²) in [5, 5.41) is 9.63. The van der Waals surface area contributed by atoms with Gasteiger partial charge in [0.25, 0.3) is 0 Å². The fraction of sp³-hybridized carbons (Fsp3) is 0.243. The van der Waals surface area contributed by atoms with Gasteiger partial charge in [0.05, 0.1) is 36.3 Å². The number of fused-ring (bicyclic) bond motifs is 1. The van der Waals surface area contributed by atoms with Gasteiger partial charge in [-0.15, -0.1) is 0 Å². The number of hydrogen-bond donors (Lipinski definition) is 0. The van der Waals surface area contributed by atoms with Gasteiger partial charge in [-0.2, -0.15) is 5.26 Å². The molecule has 6 rings (SSSR count). The number of Topliss-reactive ketones (excluding diaryl/α,β-unsaturated/α-hetero) is 1. The largest absolute Gasteiger partial charge is 0.493 e. The molecule has 0 spiro atoms. The van der Waals surface area contributed by atoms with Crippen LogP contribution in [-0.4, -0.2) is 54.6 Å². The number of nitrogens with zero attached hydrogens (tertiary/aromatic N) is 3. The molecular formula is C37H31N3O7S. The van der Waals surface area contributed by atoms with E-state index < -0.39 is 35.4 Å². The molecule has 4 aromatic rings. The zero-order valence-electron chi connectivity index (χ0n) is 26.3. The van der Waals surface area contributed by atoms with Gasteiger partial charge in [-0.05, 0) is 84.8 Å². The van der Waals surface area contributed by atoms with Crippen molar-refractivity contribution < 1.29 is 33.4 Å². The maximum absolute atomic E-state index is 13.5. The summed E-state index contributed by atoms with van der Waals surface area (Å²) in [6.45, 7) is -0.493. The van der Waals surface area contributed by atoms with E-state index in [9.17, 15) is 24.4 Å². The summed E-state index contributed by atoms with van der Waals surface area (Å²) in [5.41, 5.74) is 4.35. The smallest absolute Gasteiger partial charge is 0.338 e. The average Bonchev–Trinajstić information content (AvgIpc) is 3.41. The first-order valence-electron chi connectivity index (χ1n) is 15.3. The van der Waals surface area contributed by atoms with E-state index in [-0.39, 0.29) is 12.0 Å². The molecule has 2 heterocycles. The monoisotopic (exact) mass is 661 g/mol. The molecule has 1 aromatic heterocycles. The number of carbonyl (C=O) groups excluding carboxylic acids is 4. The van der Waals surface area contributed by atoms with Crippen LogP contribution in [0.25, 0.3) is 0 Å². The topological polar surface area (TPSA) is 136 Å². The summed E-state index contributed by atoms with van der Waals surface area (Å²) in [6.07, 6.45) is 2.44. The number of aryl methyl sites for hydroxylation is 1. The molecule has 0 N–H and O–H groups in total. The molecule has 1 saturated heterocycles. The third-order valence-corrected chi connectivity index (χ3v) is 9.69. The van der Waals surface area contributed by atoms with Gasteiger partial charge in [-0.25, -0.2) is 14.7 Å². The van der Waals surface area contributed by atoms with Crippen molar-refractivity contribution in [2.24, 2.45) is 0 Å². The molecule has 11 heteroatoms. The summed E-state index contributed by atoms with van der Waals surface area (Å²) < 4.78 is 15.6. The third kappa shape index (κ3) is 6.66. The number of anilines is 1. The fourth-order valence-corrected chi connectivity index (χ4v) is 7.08. The van der Waals surface area contributed by atoms with Crippen LogP contribution in [0.1, 0.15) is 61.9 Å². The van der Waals surface area contributed by atoms with Gasteiger partial charge in [-0.3, -0.25) is 14.4 Å². The first-order chi connectivity index (χ1) is 23.3. The molecule has 1 aliphatic carbocycles. The highest BCUT2D eigenvalue weighted by Crippen LogP contribution is 2.38. The van der Waals surface area contributed by atoms with Crippen LogP contribution in [0.2, 0.25) is 0 Å². The first kappa shape index (κ1) is 32.5. The van der Waals surface area contributed by atoms with Crippen LogP contribution in [-0.2, 0) is 27.2 Å². The Morgan fingerprint density at radius 3 is 2.38 bits per heavy atom. The Morgan fingerprint density at radius 1 is 0.938 bits per heavy atom. The number of rotatable bonds is 10. The van der Waals surface area contributed by atoms with E-state index in [1.165, 1.54) is 50.1 Å². The number of ether oxygens (including phenoxy) is 3. The number of nitriles is 1. The molecule has 2 atom stereocenters. The number of pyridine rings is 1.